The van der Waals surface area contributed by atoms with Crippen LogP contribution in [0.1, 0.15) is 11.1 Å². The summed E-state index contributed by atoms with van der Waals surface area (Å²) in [5.41, 5.74) is 2.28. The van der Waals surface area contributed by atoms with Gasteiger partial charge in [0.2, 0.25) is 10.0 Å². The number of hydrogen-bond acceptors (Lipinski definition) is 4. The second-order valence-electron chi connectivity index (χ2n) is 5.09. The van der Waals surface area contributed by atoms with Crippen molar-refractivity contribution < 1.29 is 17.9 Å². The van der Waals surface area contributed by atoms with E-state index in [1.807, 2.05) is 31.2 Å². The fraction of sp³-hybridized carbons (Fsp3) is 0.294. The zero-order valence-corrected chi connectivity index (χ0v) is 14.3. The van der Waals surface area contributed by atoms with Crippen LogP contribution in [0.3, 0.4) is 0 Å². The molecule has 2 aromatic rings. The van der Waals surface area contributed by atoms with Crippen LogP contribution in [0.2, 0.25) is 0 Å². The van der Waals surface area contributed by atoms with E-state index in [4.69, 9.17) is 9.47 Å². The highest BCUT2D eigenvalue weighted by molar-refractivity contribution is 7.89. The molecule has 5 nitrogen and oxygen atoms in total. The van der Waals surface area contributed by atoms with Gasteiger partial charge in [-0.1, -0.05) is 24.3 Å². The lowest BCUT2D eigenvalue weighted by Crippen LogP contribution is -2.26. The van der Waals surface area contributed by atoms with Crippen LogP contribution in [0.25, 0.3) is 0 Å². The van der Waals surface area contributed by atoms with Gasteiger partial charge in [-0.3, -0.25) is 0 Å². The Morgan fingerprint density at radius 2 is 1.70 bits per heavy atom. The molecule has 0 aliphatic rings. The van der Waals surface area contributed by atoms with Crippen molar-refractivity contribution in [1.29, 1.82) is 0 Å². The first-order valence-electron chi connectivity index (χ1n) is 7.24. The fourth-order valence-corrected chi connectivity index (χ4v) is 3.32. The molecular formula is C17H21NO4S. The van der Waals surface area contributed by atoms with Gasteiger partial charge in [0.25, 0.3) is 0 Å². The SMILES string of the molecule is COc1ccc(S(=O)(=O)NCCc2ccccc2C)cc1OC. The van der Waals surface area contributed by atoms with Crippen LogP contribution in [0.5, 0.6) is 11.5 Å². The van der Waals surface area contributed by atoms with E-state index in [9.17, 15) is 8.42 Å². The van der Waals surface area contributed by atoms with Crippen molar-refractivity contribution in [1.82, 2.24) is 4.72 Å². The molecule has 0 radical (unpaired) electrons. The van der Waals surface area contributed by atoms with Crippen molar-refractivity contribution >= 4 is 10.0 Å². The summed E-state index contributed by atoms with van der Waals surface area (Å²) in [7, 11) is -0.608. The van der Waals surface area contributed by atoms with Crippen LogP contribution in [0.15, 0.2) is 47.4 Å². The Balaban J connectivity index is 2.09. The fourth-order valence-electron chi connectivity index (χ4n) is 2.28. The van der Waals surface area contributed by atoms with E-state index in [0.29, 0.717) is 24.5 Å². The number of nitrogens with one attached hydrogen (secondary N) is 1. The summed E-state index contributed by atoms with van der Waals surface area (Å²) in [5.74, 6) is 0.876. The lowest BCUT2D eigenvalue weighted by molar-refractivity contribution is 0.354. The predicted molar refractivity (Wildman–Crippen MR) is 89.6 cm³/mol. The molecule has 2 rings (SSSR count). The Bertz CT molecular complexity index is 772. The second-order valence-corrected chi connectivity index (χ2v) is 6.86. The third-order valence-electron chi connectivity index (χ3n) is 3.61. The first-order valence-corrected chi connectivity index (χ1v) is 8.72. The highest BCUT2D eigenvalue weighted by atomic mass is 32.2. The third kappa shape index (κ3) is 4.24. The molecule has 0 aliphatic heterocycles. The van der Waals surface area contributed by atoms with Gasteiger partial charge >= 0.3 is 0 Å². The second kappa shape index (κ2) is 7.48. The minimum absolute atomic E-state index is 0.153. The van der Waals surface area contributed by atoms with E-state index in [1.165, 1.54) is 26.4 Å². The van der Waals surface area contributed by atoms with Crippen LogP contribution >= 0.6 is 0 Å². The Morgan fingerprint density at radius 3 is 2.35 bits per heavy atom. The number of benzene rings is 2. The maximum atomic E-state index is 12.4. The molecule has 0 fully saturated rings. The van der Waals surface area contributed by atoms with Gasteiger partial charge in [-0.2, -0.15) is 0 Å². The summed E-state index contributed by atoms with van der Waals surface area (Å²) >= 11 is 0. The van der Waals surface area contributed by atoms with E-state index >= 15 is 0 Å². The van der Waals surface area contributed by atoms with Crippen LogP contribution in [0.4, 0.5) is 0 Å². The van der Waals surface area contributed by atoms with Crippen molar-refractivity contribution in [3.8, 4) is 11.5 Å². The molecule has 6 heteroatoms. The first-order chi connectivity index (χ1) is 11.0. The largest absolute Gasteiger partial charge is 0.493 e. The minimum atomic E-state index is -3.59. The maximum Gasteiger partial charge on any atom is 0.240 e. The van der Waals surface area contributed by atoms with Gasteiger partial charge in [0.1, 0.15) is 0 Å². The Labute approximate surface area is 137 Å². The molecular weight excluding hydrogens is 314 g/mol. The summed E-state index contributed by atoms with van der Waals surface area (Å²) in [6.45, 7) is 2.35. The lowest BCUT2D eigenvalue weighted by Gasteiger charge is -2.11. The topological polar surface area (TPSA) is 64.6 Å². The highest BCUT2D eigenvalue weighted by Gasteiger charge is 2.16. The maximum absolute atomic E-state index is 12.4. The quantitative estimate of drug-likeness (QED) is 0.844. The normalized spacial score (nSPS) is 11.3. The van der Waals surface area contributed by atoms with Crippen LogP contribution in [0, 0.1) is 6.92 Å². The van der Waals surface area contributed by atoms with E-state index in [0.717, 1.165) is 11.1 Å². The molecule has 124 valence electrons. The average Bonchev–Trinajstić information content (AvgIpc) is 2.55. The van der Waals surface area contributed by atoms with E-state index in [1.54, 1.807) is 6.07 Å². The van der Waals surface area contributed by atoms with Crippen molar-refractivity contribution in [3.63, 3.8) is 0 Å². The number of methoxy groups -OCH3 is 2. The standard InChI is InChI=1S/C17H21NO4S/c1-13-6-4-5-7-14(13)10-11-18-23(19,20)15-8-9-16(21-2)17(12-15)22-3/h4-9,12,18H,10-11H2,1-3H3. The van der Waals surface area contributed by atoms with Crippen LogP contribution in [-0.4, -0.2) is 29.2 Å². The highest BCUT2D eigenvalue weighted by Crippen LogP contribution is 2.29. The summed E-state index contributed by atoms with van der Waals surface area (Å²) in [5, 5.41) is 0. The van der Waals surface area contributed by atoms with E-state index in [-0.39, 0.29) is 4.90 Å². The van der Waals surface area contributed by atoms with Crippen molar-refractivity contribution in [3.05, 3.63) is 53.6 Å². The molecule has 0 aromatic heterocycles. The van der Waals surface area contributed by atoms with Crippen molar-refractivity contribution in [2.45, 2.75) is 18.2 Å². The Morgan fingerprint density at radius 1 is 1.00 bits per heavy atom. The molecule has 0 bridgehead atoms. The van der Waals surface area contributed by atoms with Crippen LogP contribution in [-0.2, 0) is 16.4 Å². The average molecular weight is 335 g/mol. The Kier molecular flexibility index (Phi) is 5.63. The zero-order valence-electron chi connectivity index (χ0n) is 13.5. The summed E-state index contributed by atoms with van der Waals surface area (Å²) in [4.78, 5) is 0.153. The number of hydrogen-bond donors (Lipinski definition) is 1. The van der Waals surface area contributed by atoms with E-state index in [2.05, 4.69) is 4.72 Å². The Hall–Kier alpha value is -2.05. The minimum Gasteiger partial charge on any atom is -0.493 e. The van der Waals surface area contributed by atoms with Gasteiger partial charge in [-0.15, -0.1) is 0 Å². The molecule has 0 aliphatic carbocycles. The molecule has 2 aromatic carbocycles. The van der Waals surface area contributed by atoms with Gasteiger partial charge in [-0.25, -0.2) is 13.1 Å². The van der Waals surface area contributed by atoms with Crippen molar-refractivity contribution in [2.24, 2.45) is 0 Å². The molecule has 1 N–H and O–H groups in total. The molecule has 0 saturated heterocycles. The van der Waals surface area contributed by atoms with Gasteiger partial charge < -0.3 is 9.47 Å². The molecule has 0 amide bonds. The van der Waals surface area contributed by atoms with Crippen LogP contribution < -0.4 is 14.2 Å². The first kappa shape index (κ1) is 17.3. The molecule has 0 saturated carbocycles. The monoisotopic (exact) mass is 335 g/mol. The summed E-state index contributed by atoms with van der Waals surface area (Å²) in [6, 6.07) is 12.5. The smallest absolute Gasteiger partial charge is 0.240 e. The van der Waals surface area contributed by atoms with Gasteiger partial charge in [0.05, 0.1) is 19.1 Å². The lowest BCUT2D eigenvalue weighted by atomic mass is 10.1. The summed E-state index contributed by atoms with van der Waals surface area (Å²) in [6.07, 6.45) is 0.638. The van der Waals surface area contributed by atoms with Gasteiger partial charge in [-0.05, 0) is 36.6 Å². The molecule has 0 spiro atoms. The molecule has 23 heavy (non-hydrogen) atoms. The number of rotatable bonds is 7. The number of sulfonamides is 1. The number of aryl methyl sites for hydroxylation is 1. The molecule has 0 heterocycles. The van der Waals surface area contributed by atoms with Gasteiger partial charge in [0, 0.05) is 12.6 Å². The van der Waals surface area contributed by atoms with E-state index < -0.39 is 10.0 Å². The predicted octanol–water partition coefficient (Wildman–Crippen LogP) is 2.53. The molecule has 0 atom stereocenters. The van der Waals surface area contributed by atoms with Gasteiger partial charge in [0.15, 0.2) is 11.5 Å². The molecule has 0 unspecified atom stereocenters. The third-order valence-corrected chi connectivity index (χ3v) is 5.07. The van der Waals surface area contributed by atoms with Crippen molar-refractivity contribution in [2.75, 3.05) is 20.8 Å². The summed E-state index contributed by atoms with van der Waals surface area (Å²) < 4.78 is 37.6. The number of ether oxygens (including phenoxy) is 2. The zero-order chi connectivity index (χ0) is 16.9.